The molecule has 0 saturated heterocycles. The van der Waals surface area contributed by atoms with E-state index in [0.717, 1.165) is 38.5 Å². The Hall–Kier alpha value is -6.84. The fourth-order valence-electron chi connectivity index (χ4n) is 8.46. The number of para-hydroxylation sites is 2. The first-order valence-electron chi connectivity index (χ1n) is 22.9. The zero-order chi connectivity index (χ0) is 49.3. The molecule has 0 amide bonds. The number of hydrogen-bond donors (Lipinski definition) is 0. The molecule has 2 saturated carbocycles. The number of ether oxygens (including phenoxy) is 6. The Morgan fingerprint density at radius 3 is 1.18 bits per heavy atom. The number of allylic oxidation sites excluding steroid dienone is 4. The number of esters is 2. The van der Waals surface area contributed by atoms with Gasteiger partial charge in [0.15, 0.2) is 0 Å². The molecule has 0 aliphatic heterocycles. The smallest absolute Gasteiger partial charge is 0.445 e. The van der Waals surface area contributed by atoms with Crippen molar-refractivity contribution in [1.29, 1.82) is 0 Å². The number of Topliss-reactive ketones (excluding diaryl/α,β-unsaturated/α-hetero) is 2. The number of benzene rings is 2. The highest BCUT2D eigenvalue weighted by Crippen LogP contribution is 2.41. The summed E-state index contributed by atoms with van der Waals surface area (Å²) in [5, 5.41) is 0. The van der Waals surface area contributed by atoms with Crippen molar-refractivity contribution in [1.82, 2.24) is 0 Å². The molecule has 6 rings (SSSR count). The molecule has 68 heavy (non-hydrogen) atoms. The fourth-order valence-corrected chi connectivity index (χ4v) is 8.46. The molecular weight excluding hydrogens is 881 g/mol. The van der Waals surface area contributed by atoms with Gasteiger partial charge in [-0.25, -0.2) is 29.0 Å². The molecule has 0 heterocycles. The van der Waals surface area contributed by atoms with Gasteiger partial charge in [-0.15, -0.1) is 0 Å². The van der Waals surface area contributed by atoms with Gasteiger partial charge in [0.1, 0.15) is 34.5 Å². The summed E-state index contributed by atoms with van der Waals surface area (Å²) in [6.07, 6.45) is 14.8. The quantitative estimate of drug-likeness (QED) is 0.0484. The molecule has 4 aliphatic rings. The van der Waals surface area contributed by atoms with Crippen LogP contribution in [0, 0.1) is 23.7 Å². The lowest BCUT2D eigenvalue weighted by Crippen LogP contribution is -2.54. The molecule has 4 aliphatic carbocycles. The molecule has 2 aromatic rings. The Bertz CT molecular complexity index is 2220. The normalized spacial score (nSPS) is 22.8. The maximum Gasteiger partial charge on any atom is 0.514 e. The lowest BCUT2D eigenvalue weighted by atomic mass is 9.77. The number of carbonyl (C=O) groups excluding carboxylic acids is 8. The topological polar surface area (TPSA) is 210 Å². The van der Waals surface area contributed by atoms with Crippen molar-refractivity contribution in [2.45, 2.75) is 128 Å². The Morgan fingerprint density at radius 2 is 0.824 bits per heavy atom. The van der Waals surface area contributed by atoms with Gasteiger partial charge < -0.3 is 28.4 Å². The van der Waals surface area contributed by atoms with Crippen LogP contribution in [0.5, 0.6) is 11.5 Å². The van der Waals surface area contributed by atoms with Crippen molar-refractivity contribution < 1.29 is 76.6 Å². The van der Waals surface area contributed by atoms with Crippen LogP contribution in [0.2, 0.25) is 0 Å². The number of rotatable bonds is 12. The monoisotopic (exact) mass is 938 g/mol. The molecule has 0 N–H and O–H groups in total. The van der Waals surface area contributed by atoms with Crippen molar-refractivity contribution in [3.63, 3.8) is 0 Å². The molecule has 0 bridgehead atoms. The summed E-state index contributed by atoms with van der Waals surface area (Å²) in [6.45, 7) is 9.75. The summed E-state index contributed by atoms with van der Waals surface area (Å²) < 4.78 is 33.8. The van der Waals surface area contributed by atoms with Crippen LogP contribution in [0.3, 0.4) is 0 Å². The lowest BCUT2D eigenvalue weighted by molar-refractivity contribution is -0.268. The van der Waals surface area contributed by atoms with Crippen molar-refractivity contribution in [2.75, 3.05) is 0 Å². The van der Waals surface area contributed by atoms with E-state index < -0.39 is 93.8 Å². The van der Waals surface area contributed by atoms with Crippen molar-refractivity contribution in [2.24, 2.45) is 23.7 Å². The van der Waals surface area contributed by atoms with Crippen LogP contribution in [0.1, 0.15) is 126 Å². The van der Waals surface area contributed by atoms with Gasteiger partial charge in [-0.05, 0) is 104 Å². The van der Waals surface area contributed by atoms with E-state index in [1.54, 1.807) is 41.5 Å². The number of ketones is 2. The molecule has 4 unspecified atom stereocenters. The van der Waals surface area contributed by atoms with Gasteiger partial charge in [0.2, 0.25) is 22.8 Å². The first-order valence-corrected chi connectivity index (χ1v) is 22.9. The van der Waals surface area contributed by atoms with Crippen molar-refractivity contribution >= 4 is 47.8 Å². The molecule has 16 heteroatoms. The van der Waals surface area contributed by atoms with E-state index in [9.17, 15) is 38.4 Å². The Labute approximate surface area is 394 Å². The van der Waals surface area contributed by atoms with E-state index in [2.05, 4.69) is 0 Å². The number of hydrogen-bond acceptors (Lipinski definition) is 16. The summed E-state index contributed by atoms with van der Waals surface area (Å²) in [7, 11) is 0. The Balaban J connectivity index is 1.33. The second-order valence-electron chi connectivity index (χ2n) is 19.1. The van der Waals surface area contributed by atoms with E-state index in [0.29, 0.717) is 25.7 Å². The zero-order valence-electron chi connectivity index (χ0n) is 39.2. The predicted molar refractivity (Wildman–Crippen MR) is 242 cm³/mol. The molecule has 0 spiro atoms. The van der Waals surface area contributed by atoms with Crippen molar-refractivity contribution in [3.8, 4) is 11.5 Å². The molecule has 0 radical (unpaired) electrons. The maximum absolute atomic E-state index is 15.0. The summed E-state index contributed by atoms with van der Waals surface area (Å²) >= 11 is 0. The first kappa shape index (κ1) is 50.6. The molecular formula is C52H58O16. The van der Waals surface area contributed by atoms with Crippen LogP contribution in [0.25, 0.3) is 0 Å². The van der Waals surface area contributed by atoms with E-state index in [1.807, 2.05) is 0 Å². The molecule has 16 nitrogen and oxygen atoms in total. The zero-order valence-corrected chi connectivity index (χ0v) is 39.2. The van der Waals surface area contributed by atoms with Crippen molar-refractivity contribution in [3.05, 3.63) is 108 Å². The van der Waals surface area contributed by atoms with Crippen LogP contribution >= 0.6 is 0 Å². The minimum atomic E-state index is -2.47. The SMILES string of the molecule is CC(C)(C)OC(=O)Oc1ccccc1C(=O)C1(OC(=O)C2CCCCC2)C=CC=CC1C(=O)OOC(=O)C1C=CC=CC1(OC(=O)C1CCCCC1)C(=O)c1ccccc1OC(=O)OC(C)(C)C. The Morgan fingerprint density at radius 1 is 0.471 bits per heavy atom. The van der Waals surface area contributed by atoms with E-state index in [4.69, 9.17) is 38.2 Å². The molecule has 4 atom stereocenters. The minimum absolute atomic E-state index is 0.261. The van der Waals surface area contributed by atoms with E-state index in [-0.39, 0.29) is 22.6 Å². The molecule has 362 valence electrons. The highest BCUT2D eigenvalue weighted by molar-refractivity contribution is 6.11. The van der Waals surface area contributed by atoms with Crippen LogP contribution < -0.4 is 9.47 Å². The van der Waals surface area contributed by atoms with Gasteiger partial charge in [0, 0.05) is 0 Å². The Kier molecular flexibility index (Phi) is 15.9. The molecule has 0 aromatic heterocycles. The summed E-state index contributed by atoms with van der Waals surface area (Å²) in [4.78, 5) is 123. The fraction of sp³-hybridized carbons (Fsp3) is 0.462. The van der Waals surface area contributed by atoms with Gasteiger partial charge in [-0.1, -0.05) is 99.2 Å². The third kappa shape index (κ3) is 12.2. The minimum Gasteiger partial charge on any atom is -0.445 e. The molecule has 2 fully saturated rings. The largest absolute Gasteiger partial charge is 0.514 e. The highest BCUT2D eigenvalue weighted by Gasteiger charge is 2.56. The lowest BCUT2D eigenvalue weighted by Gasteiger charge is -2.37. The van der Waals surface area contributed by atoms with E-state index >= 15 is 0 Å². The predicted octanol–water partition coefficient (Wildman–Crippen LogP) is 9.59. The van der Waals surface area contributed by atoms with Crippen LogP contribution in [0.15, 0.2) is 97.1 Å². The van der Waals surface area contributed by atoms with Gasteiger partial charge in [0.25, 0.3) is 0 Å². The molecule has 2 aromatic carbocycles. The van der Waals surface area contributed by atoms with Gasteiger partial charge in [-0.2, -0.15) is 0 Å². The maximum atomic E-state index is 15.0. The van der Waals surface area contributed by atoms with Gasteiger partial charge >= 0.3 is 36.2 Å². The highest BCUT2D eigenvalue weighted by atomic mass is 17.2. The third-order valence-corrected chi connectivity index (χ3v) is 11.7. The van der Waals surface area contributed by atoms with E-state index in [1.165, 1.54) is 97.1 Å². The second-order valence-corrected chi connectivity index (χ2v) is 19.1. The summed E-state index contributed by atoms with van der Waals surface area (Å²) in [5.41, 5.74) is -7.37. The van der Waals surface area contributed by atoms with Crippen LogP contribution in [0.4, 0.5) is 9.59 Å². The number of carbonyl (C=O) groups is 8. The summed E-state index contributed by atoms with van der Waals surface area (Å²) in [5.74, 6) is -11.6. The van der Waals surface area contributed by atoms with Gasteiger partial charge in [-0.3, -0.25) is 19.2 Å². The second kappa shape index (κ2) is 21.4. The average Bonchev–Trinajstić information content (AvgIpc) is 3.30. The van der Waals surface area contributed by atoms with Crippen LogP contribution in [-0.4, -0.2) is 70.2 Å². The first-order chi connectivity index (χ1) is 32.2. The average molecular weight is 939 g/mol. The third-order valence-electron chi connectivity index (χ3n) is 11.7. The standard InChI is InChI=1S/C52H58O16/c1-49(2,3)65-47(59)61-39-29-15-13-25-35(39)41(53)51(63-43(55)33-21-9-7-10-22-33)31-19-17-27-37(51)45(57)67-68-46(58)38-28-18-20-32-52(38,64-44(56)34-23-11-8-12-24-34)42(54)36-26-14-16-30-40(36)62-48(60)66-50(4,5)6/h13-20,25-34,37-38H,7-12,21-24H2,1-6H3. The summed E-state index contributed by atoms with van der Waals surface area (Å²) in [6, 6.07) is 11.2. The van der Waals surface area contributed by atoms with Gasteiger partial charge in [0.05, 0.1) is 23.0 Å². The van der Waals surface area contributed by atoms with Crippen LogP contribution in [-0.2, 0) is 47.9 Å².